The van der Waals surface area contributed by atoms with Crippen molar-refractivity contribution in [2.24, 2.45) is 4.99 Å². The highest BCUT2D eigenvalue weighted by Gasteiger charge is 1.98. The minimum absolute atomic E-state index is 0.547. The smallest absolute Gasteiger partial charge is 0.191 e. The summed E-state index contributed by atoms with van der Waals surface area (Å²) in [5.41, 5.74) is 0. The molecule has 0 aliphatic heterocycles. The molecule has 0 saturated heterocycles. The van der Waals surface area contributed by atoms with Crippen LogP contribution in [0.25, 0.3) is 0 Å². The van der Waals surface area contributed by atoms with Crippen LogP contribution in [0, 0.1) is 0 Å². The molecule has 0 spiro atoms. The Morgan fingerprint density at radius 2 is 2.00 bits per heavy atom. The van der Waals surface area contributed by atoms with Crippen molar-refractivity contribution in [2.45, 2.75) is 19.8 Å². The van der Waals surface area contributed by atoms with Crippen LogP contribution in [0.2, 0.25) is 5.02 Å². The van der Waals surface area contributed by atoms with Crippen LogP contribution in [0.15, 0.2) is 29.3 Å². The lowest BCUT2D eigenvalue weighted by molar-refractivity contribution is 0.143. The van der Waals surface area contributed by atoms with Gasteiger partial charge in [-0.25, -0.2) is 0 Å². The highest BCUT2D eigenvalue weighted by molar-refractivity contribution is 6.30. The van der Waals surface area contributed by atoms with Gasteiger partial charge >= 0.3 is 0 Å². The Balaban J connectivity index is 2.08. The van der Waals surface area contributed by atoms with Gasteiger partial charge in [0.25, 0.3) is 0 Å². The third kappa shape index (κ3) is 8.74. The Morgan fingerprint density at radius 1 is 1.18 bits per heavy atom. The van der Waals surface area contributed by atoms with E-state index in [1.807, 2.05) is 25.1 Å². The Labute approximate surface area is 138 Å². The molecule has 0 aliphatic rings. The normalized spacial score (nSPS) is 11.3. The molecular formula is C16H26ClN3O2. The van der Waals surface area contributed by atoms with E-state index in [0.717, 1.165) is 44.3 Å². The zero-order valence-corrected chi connectivity index (χ0v) is 14.2. The maximum absolute atomic E-state index is 5.90. The van der Waals surface area contributed by atoms with Crippen LogP contribution in [0.3, 0.4) is 0 Å². The summed E-state index contributed by atoms with van der Waals surface area (Å²) in [6.45, 7) is 5.70. The Hall–Kier alpha value is -1.46. The molecule has 5 nitrogen and oxygen atoms in total. The predicted molar refractivity (Wildman–Crippen MR) is 92.0 cm³/mol. The summed E-state index contributed by atoms with van der Waals surface area (Å²) in [7, 11) is 1.76. The largest absolute Gasteiger partial charge is 0.492 e. The molecule has 124 valence electrons. The summed E-state index contributed by atoms with van der Waals surface area (Å²) in [5, 5.41) is 7.14. The molecule has 1 aromatic carbocycles. The summed E-state index contributed by atoms with van der Waals surface area (Å²) in [6, 6.07) is 7.38. The fraction of sp³-hybridized carbons (Fsp3) is 0.562. The molecule has 0 saturated carbocycles. The molecule has 0 unspecified atom stereocenters. The minimum atomic E-state index is 0.547. The van der Waals surface area contributed by atoms with Crippen LogP contribution >= 0.6 is 11.6 Å². The number of aliphatic imine (C=N–C) groups is 1. The maximum Gasteiger partial charge on any atom is 0.191 e. The molecule has 0 atom stereocenters. The molecule has 1 rings (SSSR count). The van der Waals surface area contributed by atoms with E-state index in [0.29, 0.717) is 18.2 Å². The zero-order valence-electron chi connectivity index (χ0n) is 13.4. The van der Waals surface area contributed by atoms with Crippen molar-refractivity contribution >= 4 is 17.6 Å². The van der Waals surface area contributed by atoms with Gasteiger partial charge in [-0.15, -0.1) is 0 Å². The van der Waals surface area contributed by atoms with E-state index in [2.05, 4.69) is 15.6 Å². The number of hydrogen-bond donors (Lipinski definition) is 2. The Bertz CT molecular complexity index is 441. The Kier molecular flexibility index (Phi) is 10.2. The van der Waals surface area contributed by atoms with Gasteiger partial charge in [-0.2, -0.15) is 0 Å². The third-order valence-corrected chi connectivity index (χ3v) is 3.13. The van der Waals surface area contributed by atoms with Gasteiger partial charge in [-0.05, 0) is 38.0 Å². The highest BCUT2D eigenvalue weighted by atomic mass is 35.5. The van der Waals surface area contributed by atoms with Gasteiger partial charge in [0, 0.05) is 31.8 Å². The van der Waals surface area contributed by atoms with Crippen molar-refractivity contribution < 1.29 is 9.47 Å². The van der Waals surface area contributed by atoms with Crippen LogP contribution in [-0.2, 0) is 4.74 Å². The molecule has 0 radical (unpaired) electrons. The lowest BCUT2D eigenvalue weighted by atomic mass is 10.3. The van der Waals surface area contributed by atoms with Crippen LogP contribution in [0.5, 0.6) is 5.75 Å². The van der Waals surface area contributed by atoms with E-state index in [-0.39, 0.29) is 0 Å². The first kappa shape index (κ1) is 18.6. The topological polar surface area (TPSA) is 54.9 Å². The maximum atomic E-state index is 5.90. The summed E-state index contributed by atoms with van der Waals surface area (Å²) in [4.78, 5) is 4.17. The second kappa shape index (κ2) is 12.1. The van der Waals surface area contributed by atoms with Gasteiger partial charge in [0.2, 0.25) is 0 Å². The van der Waals surface area contributed by atoms with Crippen molar-refractivity contribution in [3.05, 3.63) is 29.3 Å². The first-order valence-electron chi connectivity index (χ1n) is 7.67. The first-order valence-corrected chi connectivity index (χ1v) is 8.04. The summed E-state index contributed by atoms with van der Waals surface area (Å²) in [6.07, 6.45) is 2.11. The lowest BCUT2D eigenvalue weighted by Gasteiger charge is -2.12. The van der Waals surface area contributed by atoms with Crippen molar-refractivity contribution in [1.82, 2.24) is 10.6 Å². The van der Waals surface area contributed by atoms with Crippen LogP contribution in [0.1, 0.15) is 19.8 Å². The van der Waals surface area contributed by atoms with Gasteiger partial charge < -0.3 is 20.1 Å². The van der Waals surface area contributed by atoms with Crippen molar-refractivity contribution in [1.29, 1.82) is 0 Å². The van der Waals surface area contributed by atoms with Gasteiger partial charge in [-0.1, -0.05) is 17.7 Å². The lowest BCUT2D eigenvalue weighted by Crippen LogP contribution is -2.39. The molecule has 0 amide bonds. The van der Waals surface area contributed by atoms with Gasteiger partial charge in [-0.3, -0.25) is 4.99 Å². The van der Waals surface area contributed by atoms with Crippen LogP contribution < -0.4 is 15.4 Å². The SMILES string of the molecule is CCOCCCCNC(=NC)NCCOc1cccc(Cl)c1. The molecular weight excluding hydrogens is 302 g/mol. The molecule has 22 heavy (non-hydrogen) atoms. The number of hydrogen-bond acceptors (Lipinski definition) is 3. The van der Waals surface area contributed by atoms with Gasteiger partial charge in [0.1, 0.15) is 12.4 Å². The number of nitrogens with one attached hydrogen (secondary N) is 2. The fourth-order valence-corrected chi connectivity index (χ4v) is 1.98. The average molecular weight is 328 g/mol. The summed E-state index contributed by atoms with van der Waals surface area (Å²) >= 11 is 5.90. The zero-order chi connectivity index (χ0) is 16.0. The number of guanidine groups is 1. The molecule has 0 fully saturated rings. The van der Waals surface area contributed by atoms with Gasteiger partial charge in [0.15, 0.2) is 5.96 Å². The van der Waals surface area contributed by atoms with E-state index < -0.39 is 0 Å². The molecule has 0 aliphatic carbocycles. The van der Waals surface area contributed by atoms with E-state index in [1.165, 1.54) is 0 Å². The number of rotatable bonds is 10. The second-order valence-corrected chi connectivity index (χ2v) is 5.07. The monoisotopic (exact) mass is 327 g/mol. The number of unbranched alkanes of at least 4 members (excludes halogenated alkanes) is 1. The van der Waals surface area contributed by atoms with Crippen molar-refractivity contribution in [2.75, 3.05) is 40.0 Å². The van der Waals surface area contributed by atoms with Crippen LogP contribution in [-0.4, -0.2) is 45.9 Å². The van der Waals surface area contributed by atoms with E-state index in [4.69, 9.17) is 21.1 Å². The number of nitrogens with zero attached hydrogens (tertiary/aromatic N) is 1. The summed E-state index contributed by atoms with van der Waals surface area (Å²) < 4.78 is 10.9. The molecule has 0 aromatic heterocycles. The average Bonchev–Trinajstić information content (AvgIpc) is 2.52. The quantitative estimate of drug-likeness (QED) is 0.394. The second-order valence-electron chi connectivity index (χ2n) is 4.64. The molecule has 1 aromatic rings. The number of benzene rings is 1. The fourth-order valence-electron chi connectivity index (χ4n) is 1.80. The highest BCUT2D eigenvalue weighted by Crippen LogP contribution is 2.16. The number of ether oxygens (including phenoxy) is 2. The van der Waals surface area contributed by atoms with Gasteiger partial charge in [0.05, 0.1) is 6.54 Å². The molecule has 6 heteroatoms. The Morgan fingerprint density at radius 3 is 2.73 bits per heavy atom. The van der Waals surface area contributed by atoms with Crippen LogP contribution in [0.4, 0.5) is 0 Å². The number of halogens is 1. The third-order valence-electron chi connectivity index (χ3n) is 2.89. The van der Waals surface area contributed by atoms with Crippen molar-refractivity contribution in [3.8, 4) is 5.75 Å². The standard InChI is InChI=1S/C16H26ClN3O2/c1-3-21-11-5-4-9-19-16(18-2)20-10-12-22-15-8-6-7-14(17)13-15/h6-8,13H,3-5,9-12H2,1-2H3,(H2,18,19,20). The predicted octanol–water partition coefficient (Wildman–Crippen LogP) is 2.70. The molecule has 0 heterocycles. The minimum Gasteiger partial charge on any atom is -0.492 e. The van der Waals surface area contributed by atoms with Crippen molar-refractivity contribution in [3.63, 3.8) is 0 Å². The van der Waals surface area contributed by atoms with E-state index in [1.54, 1.807) is 13.1 Å². The first-order chi connectivity index (χ1) is 10.8. The van der Waals surface area contributed by atoms with E-state index >= 15 is 0 Å². The summed E-state index contributed by atoms with van der Waals surface area (Å²) in [5.74, 6) is 1.55. The van der Waals surface area contributed by atoms with E-state index in [9.17, 15) is 0 Å². The molecule has 0 bridgehead atoms. The molecule has 2 N–H and O–H groups in total.